The van der Waals surface area contributed by atoms with E-state index in [2.05, 4.69) is 73.7 Å². The summed E-state index contributed by atoms with van der Waals surface area (Å²) < 4.78 is 6.23. The van der Waals surface area contributed by atoms with Crippen LogP contribution in [0, 0.1) is 0 Å². The molecule has 1 heteroatoms. The molecule has 0 fully saturated rings. The minimum absolute atomic E-state index is 0.273. The number of hydrogen-bond acceptors (Lipinski definition) is 1. The average Bonchev–Trinajstić information content (AvgIpc) is 3.02. The van der Waals surface area contributed by atoms with Crippen LogP contribution in [0.5, 0.6) is 0 Å². The summed E-state index contributed by atoms with van der Waals surface area (Å²) in [5.74, 6) is 1.25. The highest BCUT2D eigenvalue weighted by molar-refractivity contribution is 5.89. The first-order valence-electron chi connectivity index (χ1n) is 7.96. The number of furan rings is 1. The number of hydrogen-bond donors (Lipinski definition) is 0. The molecule has 4 rings (SSSR count). The highest BCUT2D eigenvalue weighted by Crippen LogP contribution is 2.40. The first-order chi connectivity index (χ1) is 11.3. The van der Waals surface area contributed by atoms with Crippen molar-refractivity contribution in [2.24, 2.45) is 0 Å². The van der Waals surface area contributed by atoms with Crippen molar-refractivity contribution in [1.29, 1.82) is 0 Å². The maximum atomic E-state index is 6.23. The molecule has 0 aliphatic rings. The maximum absolute atomic E-state index is 6.23. The van der Waals surface area contributed by atoms with Crippen molar-refractivity contribution in [3.05, 3.63) is 96.1 Å². The summed E-state index contributed by atoms with van der Waals surface area (Å²) in [7, 11) is 0. The Labute approximate surface area is 136 Å². The molecule has 0 saturated heterocycles. The van der Waals surface area contributed by atoms with Crippen LogP contribution >= 0.6 is 0 Å². The van der Waals surface area contributed by atoms with Crippen molar-refractivity contribution < 1.29 is 4.42 Å². The monoisotopic (exact) mass is 298 g/mol. The molecule has 0 bridgehead atoms. The molecule has 0 radical (unpaired) electrons. The number of para-hydroxylation sites is 1. The fourth-order valence-electron chi connectivity index (χ4n) is 3.21. The van der Waals surface area contributed by atoms with Crippen LogP contribution in [-0.4, -0.2) is 0 Å². The van der Waals surface area contributed by atoms with E-state index in [0.29, 0.717) is 0 Å². The van der Waals surface area contributed by atoms with E-state index in [1.165, 1.54) is 16.5 Å². The zero-order valence-electron chi connectivity index (χ0n) is 13.1. The third kappa shape index (κ3) is 2.44. The lowest BCUT2D eigenvalue weighted by Crippen LogP contribution is -1.96. The van der Waals surface area contributed by atoms with Crippen LogP contribution in [0.25, 0.3) is 22.3 Å². The smallest absolute Gasteiger partial charge is 0.139 e. The van der Waals surface area contributed by atoms with Gasteiger partial charge < -0.3 is 4.42 Å². The molecular weight excluding hydrogens is 280 g/mol. The minimum atomic E-state index is 0.273. The number of benzene rings is 3. The van der Waals surface area contributed by atoms with Gasteiger partial charge in [-0.2, -0.15) is 0 Å². The Morgan fingerprint density at radius 2 is 1.30 bits per heavy atom. The Kier molecular flexibility index (Phi) is 3.47. The van der Waals surface area contributed by atoms with Crippen LogP contribution in [0.1, 0.15) is 24.0 Å². The van der Waals surface area contributed by atoms with Gasteiger partial charge in [0.1, 0.15) is 11.3 Å². The first-order valence-corrected chi connectivity index (χ1v) is 7.96. The normalized spacial score (nSPS) is 12.4. The van der Waals surface area contributed by atoms with Gasteiger partial charge in [-0.05, 0) is 11.6 Å². The van der Waals surface area contributed by atoms with E-state index >= 15 is 0 Å². The van der Waals surface area contributed by atoms with E-state index in [9.17, 15) is 0 Å². The van der Waals surface area contributed by atoms with Gasteiger partial charge in [0.25, 0.3) is 0 Å². The van der Waals surface area contributed by atoms with Crippen molar-refractivity contribution in [3.63, 3.8) is 0 Å². The summed E-state index contributed by atoms with van der Waals surface area (Å²) >= 11 is 0. The van der Waals surface area contributed by atoms with Gasteiger partial charge in [-0.3, -0.25) is 0 Å². The summed E-state index contributed by atoms with van der Waals surface area (Å²) in [6.45, 7) is 2.25. The Morgan fingerprint density at radius 1 is 0.696 bits per heavy atom. The predicted molar refractivity (Wildman–Crippen MR) is 95.6 cm³/mol. The molecule has 1 aromatic heterocycles. The SMILES string of the molecule is CC(c1ccccc1)c1c(-c2ccccc2)oc2ccccc12. The quantitative estimate of drug-likeness (QED) is 0.435. The van der Waals surface area contributed by atoms with Gasteiger partial charge in [0.05, 0.1) is 0 Å². The zero-order valence-corrected chi connectivity index (χ0v) is 13.1. The fraction of sp³-hybridized carbons (Fsp3) is 0.0909. The van der Waals surface area contributed by atoms with E-state index in [-0.39, 0.29) is 5.92 Å². The highest BCUT2D eigenvalue weighted by Gasteiger charge is 2.21. The molecule has 0 N–H and O–H groups in total. The largest absolute Gasteiger partial charge is 0.456 e. The van der Waals surface area contributed by atoms with Crippen LogP contribution < -0.4 is 0 Å². The van der Waals surface area contributed by atoms with Crippen LogP contribution in [0.2, 0.25) is 0 Å². The van der Waals surface area contributed by atoms with E-state index in [1.54, 1.807) is 0 Å². The second kappa shape index (κ2) is 5.77. The van der Waals surface area contributed by atoms with Crippen molar-refractivity contribution in [3.8, 4) is 11.3 Å². The van der Waals surface area contributed by atoms with Crippen molar-refractivity contribution in [2.45, 2.75) is 12.8 Å². The minimum Gasteiger partial charge on any atom is -0.456 e. The molecule has 3 aromatic carbocycles. The van der Waals surface area contributed by atoms with Gasteiger partial charge in [0.15, 0.2) is 0 Å². The first kappa shape index (κ1) is 13.8. The molecule has 1 atom stereocenters. The molecule has 0 aliphatic carbocycles. The van der Waals surface area contributed by atoms with E-state index in [1.807, 2.05) is 18.2 Å². The zero-order chi connectivity index (χ0) is 15.6. The Balaban J connectivity index is 1.97. The molecular formula is C22H18O. The second-order valence-electron chi connectivity index (χ2n) is 5.84. The topological polar surface area (TPSA) is 13.1 Å². The van der Waals surface area contributed by atoms with Gasteiger partial charge in [-0.1, -0.05) is 85.8 Å². The van der Waals surface area contributed by atoms with E-state index in [4.69, 9.17) is 4.42 Å². The lowest BCUT2D eigenvalue weighted by atomic mass is 9.89. The molecule has 112 valence electrons. The van der Waals surface area contributed by atoms with Crippen molar-refractivity contribution in [1.82, 2.24) is 0 Å². The lowest BCUT2D eigenvalue weighted by molar-refractivity contribution is 0.624. The van der Waals surface area contributed by atoms with Gasteiger partial charge in [0, 0.05) is 22.4 Å². The van der Waals surface area contributed by atoms with Crippen molar-refractivity contribution in [2.75, 3.05) is 0 Å². The molecule has 1 nitrogen and oxygen atoms in total. The Hall–Kier alpha value is -2.80. The molecule has 1 unspecified atom stereocenters. The molecule has 4 aromatic rings. The predicted octanol–water partition coefficient (Wildman–Crippen LogP) is 6.25. The molecule has 0 spiro atoms. The Morgan fingerprint density at radius 3 is 2.04 bits per heavy atom. The molecule has 0 aliphatic heterocycles. The standard InChI is InChI=1S/C22H18O/c1-16(17-10-4-2-5-11-17)21-19-14-8-9-15-20(19)23-22(21)18-12-6-3-7-13-18/h2-16H,1H3. The average molecular weight is 298 g/mol. The number of rotatable bonds is 3. The third-order valence-corrected chi connectivity index (χ3v) is 4.40. The van der Waals surface area contributed by atoms with Crippen LogP contribution in [0.4, 0.5) is 0 Å². The van der Waals surface area contributed by atoms with Gasteiger partial charge in [-0.25, -0.2) is 0 Å². The summed E-state index contributed by atoms with van der Waals surface area (Å²) in [5, 5.41) is 1.20. The summed E-state index contributed by atoms with van der Waals surface area (Å²) in [5.41, 5.74) is 4.64. The summed E-state index contributed by atoms with van der Waals surface area (Å²) in [6, 6.07) is 29.3. The maximum Gasteiger partial charge on any atom is 0.139 e. The van der Waals surface area contributed by atoms with E-state index in [0.717, 1.165) is 16.9 Å². The molecule has 0 amide bonds. The van der Waals surface area contributed by atoms with Gasteiger partial charge in [-0.15, -0.1) is 0 Å². The highest BCUT2D eigenvalue weighted by atomic mass is 16.3. The second-order valence-corrected chi connectivity index (χ2v) is 5.84. The summed E-state index contributed by atoms with van der Waals surface area (Å²) in [6.07, 6.45) is 0. The van der Waals surface area contributed by atoms with Crippen LogP contribution in [0.15, 0.2) is 89.3 Å². The third-order valence-electron chi connectivity index (χ3n) is 4.40. The van der Waals surface area contributed by atoms with Crippen molar-refractivity contribution >= 4 is 11.0 Å². The van der Waals surface area contributed by atoms with Crippen LogP contribution in [-0.2, 0) is 0 Å². The van der Waals surface area contributed by atoms with Crippen LogP contribution in [0.3, 0.4) is 0 Å². The van der Waals surface area contributed by atoms with Gasteiger partial charge >= 0.3 is 0 Å². The fourth-order valence-corrected chi connectivity index (χ4v) is 3.21. The summed E-state index contributed by atoms with van der Waals surface area (Å²) in [4.78, 5) is 0. The number of fused-ring (bicyclic) bond motifs is 1. The van der Waals surface area contributed by atoms with E-state index < -0.39 is 0 Å². The Bertz CT molecular complexity index is 920. The van der Waals surface area contributed by atoms with Gasteiger partial charge in [0.2, 0.25) is 0 Å². The molecule has 23 heavy (non-hydrogen) atoms. The lowest BCUT2D eigenvalue weighted by Gasteiger charge is -2.13. The molecule has 1 heterocycles. The molecule has 0 saturated carbocycles.